The zero-order valence-electron chi connectivity index (χ0n) is 7.58. The molecule has 1 aliphatic heterocycles. The molecule has 0 aliphatic carbocycles. The van der Waals surface area contributed by atoms with Crippen molar-refractivity contribution in [3.63, 3.8) is 0 Å². The van der Waals surface area contributed by atoms with Crippen LogP contribution in [0, 0.1) is 6.92 Å². The largest absolute Gasteiger partial charge is 0.387 e. The van der Waals surface area contributed by atoms with Gasteiger partial charge in [0.2, 0.25) is 0 Å². The lowest BCUT2D eigenvalue weighted by atomic mass is 10.0. The Morgan fingerprint density at radius 2 is 2.46 bits per heavy atom. The molecular weight excluding hydrogens is 182 g/mol. The number of hydrogen-bond acceptors (Lipinski definition) is 3. The molecule has 0 saturated heterocycles. The molecule has 0 amide bonds. The van der Waals surface area contributed by atoms with Gasteiger partial charge in [0, 0.05) is 18.0 Å². The molecule has 1 atom stereocenters. The number of thiophene rings is 1. The lowest BCUT2D eigenvalue weighted by Crippen LogP contribution is -2.32. The minimum atomic E-state index is -0.345. The first kappa shape index (κ1) is 8.94. The summed E-state index contributed by atoms with van der Waals surface area (Å²) in [6, 6.07) is 2.13. The summed E-state index contributed by atoms with van der Waals surface area (Å²) in [5.41, 5.74) is 2.25. The maximum atomic E-state index is 9.71. The van der Waals surface area contributed by atoms with Crippen LogP contribution >= 0.6 is 11.3 Å². The molecule has 0 aromatic carbocycles. The monoisotopic (exact) mass is 195 g/mol. The van der Waals surface area contributed by atoms with E-state index in [1.165, 1.54) is 10.4 Å². The minimum absolute atomic E-state index is 0.345. The van der Waals surface area contributed by atoms with E-state index in [1.807, 2.05) is 0 Å². The third kappa shape index (κ3) is 1.82. The number of nitrogens with one attached hydrogen (secondary N) is 1. The summed E-state index contributed by atoms with van der Waals surface area (Å²) in [5.74, 6) is 0. The van der Waals surface area contributed by atoms with Crippen LogP contribution < -0.4 is 5.32 Å². The summed E-state index contributed by atoms with van der Waals surface area (Å²) in [6.45, 7) is 3.62. The molecule has 0 saturated carbocycles. The molecule has 13 heavy (non-hydrogen) atoms. The number of hydrogen-bond donors (Lipinski definition) is 2. The van der Waals surface area contributed by atoms with Gasteiger partial charge >= 0.3 is 0 Å². The number of aliphatic hydroxyl groups is 1. The highest BCUT2D eigenvalue weighted by Gasteiger charge is 2.16. The average Bonchev–Trinajstić information content (AvgIpc) is 2.53. The molecular formula is C10H13NOS. The maximum absolute atomic E-state index is 9.71. The Bertz CT molecular complexity index is 329. The Hall–Kier alpha value is -0.640. The lowest BCUT2D eigenvalue weighted by Gasteiger charge is -2.19. The van der Waals surface area contributed by atoms with Crippen molar-refractivity contribution >= 4 is 16.9 Å². The standard InChI is InChI=1S/C10H13NOS/c1-7-4-8(6-13-7)9-2-3-11-5-10(9)12/h2,4,6,10-12H,3,5H2,1H3. The Labute approximate surface area is 81.9 Å². The van der Waals surface area contributed by atoms with E-state index in [9.17, 15) is 5.11 Å². The van der Waals surface area contributed by atoms with E-state index in [0.29, 0.717) is 6.54 Å². The highest BCUT2D eigenvalue weighted by molar-refractivity contribution is 7.10. The predicted molar refractivity (Wildman–Crippen MR) is 55.9 cm³/mol. The van der Waals surface area contributed by atoms with E-state index in [0.717, 1.165) is 12.1 Å². The molecule has 2 heterocycles. The van der Waals surface area contributed by atoms with Gasteiger partial charge in [0.1, 0.15) is 0 Å². The third-order valence-electron chi connectivity index (χ3n) is 2.23. The summed E-state index contributed by atoms with van der Waals surface area (Å²) in [4.78, 5) is 1.29. The average molecular weight is 195 g/mol. The summed E-state index contributed by atoms with van der Waals surface area (Å²) in [6.07, 6.45) is 1.72. The van der Waals surface area contributed by atoms with Crippen LogP contribution in [0.15, 0.2) is 17.5 Å². The molecule has 1 aromatic heterocycles. The van der Waals surface area contributed by atoms with Crippen LogP contribution in [0.1, 0.15) is 10.4 Å². The number of aryl methyl sites for hydroxylation is 1. The van der Waals surface area contributed by atoms with E-state index in [2.05, 4.69) is 29.8 Å². The highest BCUT2D eigenvalue weighted by atomic mass is 32.1. The van der Waals surface area contributed by atoms with Gasteiger partial charge < -0.3 is 10.4 Å². The van der Waals surface area contributed by atoms with Crippen molar-refractivity contribution in [3.8, 4) is 0 Å². The number of rotatable bonds is 1. The molecule has 0 fully saturated rings. The van der Waals surface area contributed by atoms with E-state index >= 15 is 0 Å². The van der Waals surface area contributed by atoms with Gasteiger partial charge in [-0.25, -0.2) is 0 Å². The molecule has 2 rings (SSSR count). The van der Waals surface area contributed by atoms with Crippen molar-refractivity contribution in [2.75, 3.05) is 13.1 Å². The smallest absolute Gasteiger partial charge is 0.0917 e. The molecule has 1 aliphatic rings. The summed E-state index contributed by atoms with van der Waals surface area (Å²) < 4.78 is 0. The third-order valence-corrected chi connectivity index (χ3v) is 3.09. The Balaban J connectivity index is 2.29. The van der Waals surface area contributed by atoms with Gasteiger partial charge in [0.05, 0.1) is 6.10 Å². The minimum Gasteiger partial charge on any atom is -0.387 e. The van der Waals surface area contributed by atoms with Crippen molar-refractivity contribution in [2.24, 2.45) is 0 Å². The van der Waals surface area contributed by atoms with Crippen molar-refractivity contribution in [2.45, 2.75) is 13.0 Å². The SMILES string of the molecule is Cc1cc(C2=CCNCC2O)cs1. The molecule has 0 bridgehead atoms. The van der Waals surface area contributed by atoms with Crippen molar-refractivity contribution in [3.05, 3.63) is 28.0 Å². The number of aliphatic hydroxyl groups excluding tert-OH is 1. The molecule has 70 valence electrons. The maximum Gasteiger partial charge on any atom is 0.0917 e. The lowest BCUT2D eigenvalue weighted by molar-refractivity contribution is 0.225. The normalized spacial score (nSPS) is 22.9. The molecule has 2 N–H and O–H groups in total. The van der Waals surface area contributed by atoms with Crippen LogP contribution in [0.3, 0.4) is 0 Å². The fourth-order valence-corrected chi connectivity index (χ4v) is 2.27. The zero-order valence-corrected chi connectivity index (χ0v) is 8.40. The fourth-order valence-electron chi connectivity index (χ4n) is 1.55. The van der Waals surface area contributed by atoms with E-state index in [1.54, 1.807) is 11.3 Å². The molecule has 1 aromatic rings. The first-order chi connectivity index (χ1) is 6.27. The topological polar surface area (TPSA) is 32.3 Å². The molecule has 0 spiro atoms. The van der Waals surface area contributed by atoms with Gasteiger partial charge in [-0.05, 0) is 29.5 Å². The summed E-state index contributed by atoms with van der Waals surface area (Å²) >= 11 is 1.73. The molecule has 3 heteroatoms. The predicted octanol–water partition coefficient (Wildman–Crippen LogP) is 1.40. The fraction of sp³-hybridized carbons (Fsp3) is 0.400. The van der Waals surface area contributed by atoms with Crippen LogP contribution in [0.2, 0.25) is 0 Å². The zero-order chi connectivity index (χ0) is 9.26. The molecule has 1 unspecified atom stereocenters. The van der Waals surface area contributed by atoms with Crippen LogP contribution in [-0.2, 0) is 0 Å². The van der Waals surface area contributed by atoms with E-state index in [4.69, 9.17) is 0 Å². The van der Waals surface area contributed by atoms with Gasteiger partial charge in [0.15, 0.2) is 0 Å². The first-order valence-electron chi connectivity index (χ1n) is 4.42. The van der Waals surface area contributed by atoms with E-state index in [-0.39, 0.29) is 6.10 Å². The molecule has 2 nitrogen and oxygen atoms in total. The second-order valence-corrected chi connectivity index (χ2v) is 4.39. The van der Waals surface area contributed by atoms with Gasteiger partial charge in [-0.2, -0.15) is 0 Å². The quantitative estimate of drug-likeness (QED) is 0.710. The van der Waals surface area contributed by atoms with E-state index < -0.39 is 0 Å². The second-order valence-electron chi connectivity index (χ2n) is 3.28. The van der Waals surface area contributed by atoms with Gasteiger partial charge in [-0.3, -0.25) is 0 Å². The molecule has 0 radical (unpaired) electrons. The first-order valence-corrected chi connectivity index (χ1v) is 5.29. The van der Waals surface area contributed by atoms with Crippen molar-refractivity contribution < 1.29 is 5.11 Å². The van der Waals surface area contributed by atoms with Gasteiger partial charge in [-0.1, -0.05) is 6.08 Å². The van der Waals surface area contributed by atoms with Gasteiger partial charge in [-0.15, -0.1) is 11.3 Å². The van der Waals surface area contributed by atoms with Gasteiger partial charge in [0.25, 0.3) is 0 Å². The van der Waals surface area contributed by atoms with Crippen molar-refractivity contribution in [1.29, 1.82) is 0 Å². The summed E-state index contributed by atoms with van der Waals surface area (Å²) in [7, 11) is 0. The number of β-amino-alcohol motifs (C(OH)–C–C–N with tert-alkyl or cyclic N) is 1. The highest BCUT2D eigenvalue weighted by Crippen LogP contribution is 2.24. The summed E-state index contributed by atoms with van der Waals surface area (Å²) in [5, 5.41) is 14.9. The van der Waals surface area contributed by atoms with Crippen LogP contribution in [0.4, 0.5) is 0 Å². The Kier molecular flexibility index (Phi) is 2.49. The van der Waals surface area contributed by atoms with Crippen LogP contribution in [0.25, 0.3) is 5.57 Å². The van der Waals surface area contributed by atoms with Crippen LogP contribution in [0.5, 0.6) is 0 Å². The Morgan fingerprint density at radius 3 is 3.08 bits per heavy atom. The second kappa shape index (κ2) is 3.62. The van der Waals surface area contributed by atoms with Crippen LogP contribution in [-0.4, -0.2) is 24.3 Å². The Morgan fingerprint density at radius 1 is 1.62 bits per heavy atom. The van der Waals surface area contributed by atoms with Crippen molar-refractivity contribution in [1.82, 2.24) is 5.32 Å².